The van der Waals surface area contributed by atoms with Crippen molar-refractivity contribution in [1.29, 1.82) is 0 Å². The summed E-state index contributed by atoms with van der Waals surface area (Å²) in [6, 6.07) is 6.04. The van der Waals surface area contributed by atoms with Gasteiger partial charge in [0.05, 0.1) is 6.04 Å². The molecule has 18 heavy (non-hydrogen) atoms. The van der Waals surface area contributed by atoms with Crippen LogP contribution in [-0.4, -0.2) is 7.05 Å². The normalized spacial score (nSPS) is 12.7. The number of hydrogen-bond acceptors (Lipinski definition) is 2. The second-order valence-electron chi connectivity index (χ2n) is 4.03. The molecule has 96 valence electrons. The van der Waals surface area contributed by atoms with Crippen LogP contribution in [0.4, 0.5) is 8.78 Å². The number of hydrogen-bond donors (Lipinski definition) is 1. The lowest BCUT2D eigenvalue weighted by molar-refractivity contribution is 0.488. The molecule has 1 N–H and O–H groups in total. The van der Waals surface area contributed by atoms with Gasteiger partial charge in [-0.25, -0.2) is 8.78 Å². The number of nitrogens with one attached hydrogen (secondary N) is 1. The summed E-state index contributed by atoms with van der Waals surface area (Å²) in [7, 11) is 1.76. The van der Waals surface area contributed by atoms with Gasteiger partial charge in [0.25, 0.3) is 0 Å². The minimum Gasteiger partial charge on any atom is -0.309 e. The van der Waals surface area contributed by atoms with Gasteiger partial charge in [0, 0.05) is 10.4 Å². The first-order chi connectivity index (χ1) is 8.69. The van der Waals surface area contributed by atoms with E-state index in [9.17, 15) is 8.78 Å². The first-order valence-corrected chi connectivity index (χ1v) is 6.74. The molecule has 0 spiro atoms. The number of aryl methyl sites for hydroxylation is 1. The third-order valence-electron chi connectivity index (χ3n) is 3.00. The first kappa shape index (κ1) is 13.2. The predicted octanol–water partition coefficient (Wildman–Crippen LogP) is 3.90. The monoisotopic (exact) mass is 267 g/mol. The predicted molar refractivity (Wildman–Crippen MR) is 71.0 cm³/mol. The quantitative estimate of drug-likeness (QED) is 0.886. The molecule has 1 heterocycles. The molecule has 0 radical (unpaired) electrons. The molecule has 0 bridgehead atoms. The molecular weight excluding hydrogens is 252 g/mol. The van der Waals surface area contributed by atoms with Gasteiger partial charge in [0.1, 0.15) is 0 Å². The van der Waals surface area contributed by atoms with Crippen LogP contribution in [0.1, 0.15) is 29.0 Å². The van der Waals surface area contributed by atoms with E-state index in [4.69, 9.17) is 0 Å². The fourth-order valence-electron chi connectivity index (χ4n) is 2.06. The molecule has 0 aliphatic heterocycles. The van der Waals surface area contributed by atoms with Crippen molar-refractivity contribution in [3.8, 4) is 0 Å². The highest BCUT2D eigenvalue weighted by atomic mass is 32.1. The first-order valence-electron chi connectivity index (χ1n) is 5.86. The fraction of sp³-hybridized carbons (Fsp3) is 0.286. The Morgan fingerprint density at radius 2 is 2.06 bits per heavy atom. The number of benzene rings is 1. The minimum absolute atomic E-state index is 0.296. The largest absolute Gasteiger partial charge is 0.309 e. The Labute approximate surface area is 109 Å². The molecule has 0 saturated carbocycles. The maximum atomic E-state index is 13.9. The summed E-state index contributed by atoms with van der Waals surface area (Å²) < 4.78 is 27.2. The molecule has 1 atom stereocenters. The molecule has 0 aliphatic rings. The summed E-state index contributed by atoms with van der Waals surface area (Å²) in [6.07, 6.45) is 0.883. The van der Waals surface area contributed by atoms with Crippen LogP contribution >= 0.6 is 11.3 Å². The molecule has 1 unspecified atom stereocenters. The fourth-order valence-corrected chi connectivity index (χ4v) is 3.19. The minimum atomic E-state index is -0.803. The summed E-state index contributed by atoms with van der Waals surface area (Å²) in [6.45, 7) is 2.06. The smallest absolute Gasteiger partial charge is 0.163 e. The van der Waals surface area contributed by atoms with E-state index in [2.05, 4.69) is 12.2 Å². The van der Waals surface area contributed by atoms with Gasteiger partial charge in [-0.1, -0.05) is 19.1 Å². The molecule has 1 nitrogen and oxygen atoms in total. The average Bonchev–Trinajstić information content (AvgIpc) is 2.83. The van der Waals surface area contributed by atoms with Gasteiger partial charge in [0.2, 0.25) is 0 Å². The molecule has 0 saturated heterocycles. The van der Waals surface area contributed by atoms with Crippen molar-refractivity contribution in [2.24, 2.45) is 0 Å². The third kappa shape index (κ3) is 2.31. The summed E-state index contributed by atoms with van der Waals surface area (Å²) in [4.78, 5) is 1.05. The Morgan fingerprint density at radius 3 is 2.72 bits per heavy atom. The van der Waals surface area contributed by atoms with Crippen LogP contribution in [0.2, 0.25) is 0 Å². The van der Waals surface area contributed by atoms with Gasteiger partial charge in [-0.3, -0.25) is 0 Å². The van der Waals surface area contributed by atoms with E-state index in [0.29, 0.717) is 5.56 Å². The van der Waals surface area contributed by atoms with Crippen molar-refractivity contribution in [3.05, 3.63) is 57.3 Å². The third-order valence-corrected chi connectivity index (χ3v) is 4.03. The lowest BCUT2D eigenvalue weighted by Gasteiger charge is -2.18. The van der Waals surface area contributed by atoms with Gasteiger partial charge in [-0.15, -0.1) is 11.3 Å². The topological polar surface area (TPSA) is 12.0 Å². The summed E-state index contributed by atoms with van der Waals surface area (Å²) in [5.74, 6) is -1.57. The van der Waals surface area contributed by atoms with E-state index >= 15 is 0 Å². The van der Waals surface area contributed by atoms with E-state index in [1.54, 1.807) is 24.5 Å². The second kappa shape index (κ2) is 5.59. The number of rotatable bonds is 4. The van der Waals surface area contributed by atoms with Gasteiger partial charge in [0.15, 0.2) is 11.6 Å². The van der Waals surface area contributed by atoms with E-state index in [0.717, 1.165) is 17.4 Å². The summed E-state index contributed by atoms with van der Waals surface area (Å²) in [5, 5.41) is 5.05. The van der Waals surface area contributed by atoms with Gasteiger partial charge in [-0.05, 0) is 36.5 Å². The van der Waals surface area contributed by atoms with Crippen molar-refractivity contribution in [2.45, 2.75) is 19.4 Å². The number of thiophene rings is 1. The van der Waals surface area contributed by atoms with Crippen molar-refractivity contribution in [2.75, 3.05) is 7.05 Å². The van der Waals surface area contributed by atoms with Crippen molar-refractivity contribution < 1.29 is 8.78 Å². The van der Waals surface area contributed by atoms with E-state index < -0.39 is 11.6 Å². The highest BCUT2D eigenvalue weighted by Crippen LogP contribution is 2.31. The van der Waals surface area contributed by atoms with E-state index in [-0.39, 0.29) is 6.04 Å². The lowest BCUT2D eigenvalue weighted by Crippen LogP contribution is -2.19. The zero-order valence-corrected chi connectivity index (χ0v) is 11.2. The van der Waals surface area contributed by atoms with Crippen LogP contribution in [0.3, 0.4) is 0 Å². The maximum absolute atomic E-state index is 13.9. The maximum Gasteiger partial charge on any atom is 0.163 e. The average molecular weight is 267 g/mol. The van der Waals surface area contributed by atoms with Crippen LogP contribution in [0.25, 0.3) is 0 Å². The van der Waals surface area contributed by atoms with Crippen LogP contribution in [0.5, 0.6) is 0 Å². The molecule has 4 heteroatoms. The van der Waals surface area contributed by atoms with Crippen molar-refractivity contribution in [1.82, 2.24) is 5.32 Å². The Bertz CT molecular complexity index is 536. The Kier molecular flexibility index (Phi) is 4.09. The molecule has 1 aromatic heterocycles. The SMILES string of the molecule is CCc1ccsc1C(NC)c1cccc(F)c1F. The zero-order chi connectivity index (χ0) is 13.1. The van der Waals surface area contributed by atoms with E-state index in [1.165, 1.54) is 11.6 Å². The molecule has 2 aromatic rings. The summed E-state index contributed by atoms with van der Waals surface area (Å²) in [5.41, 5.74) is 1.53. The molecule has 0 fully saturated rings. The second-order valence-corrected chi connectivity index (χ2v) is 4.98. The molecule has 0 amide bonds. The van der Waals surface area contributed by atoms with Gasteiger partial charge >= 0.3 is 0 Å². The molecule has 1 aromatic carbocycles. The molecule has 2 rings (SSSR count). The van der Waals surface area contributed by atoms with Crippen LogP contribution < -0.4 is 5.32 Å². The Hall–Kier alpha value is -1.26. The highest BCUT2D eigenvalue weighted by molar-refractivity contribution is 7.10. The zero-order valence-electron chi connectivity index (χ0n) is 10.3. The van der Waals surface area contributed by atoms with Crippen molar-refractivity contribution in [3.63, 3.8) is 0 Å². The molecule has 0 aliphatic carbocycles. The number of halogens is 2. The Balaban J connectivity index is 2.49. The van der Waals surface area contributed by atoms with Gasteiger partial charge in [-0.2, -0.15) is 0 Å². The lowest BCUT2D eigenvalue weighted by atomic mass is 10.0. The van der Waals surface area contributed by atoms with Crippen molar-refractivity contribution >= 4 is 11.3 Å². The van der Waals surface area contributed by atoms with Crippen LogP contribution in [0, 0.1) is 11.6 Å². The molecular formula is C14H15F2NS. The standard InChI is InChI=1S/C14H15F2NS/c1-3-9-7-8-18-14(9)13(17-2)10-5-4-6-11(15)12(10)16/h4-8,13,17H,3H2,1-2H3. The summed E-state index contributed by atoms with van der Waals surface area (Å²) >= 11 is 1.56. The van der Waals surface area contributed by atoms with Crippen LogP contribution in [0.15, 0.2) is 29.6 Å². The highest BCUT2D eigenvalue weighted by Gasteiger charge is 2.21. The van der Waals surface area contributed by atoms with Gasteiger partial charge < -0.3 is 5.32 Å². The van der Waals surface area contributed by atoms with E-state index in [1.807, 2.05) is 11.4 Å². The van der Waals surface area contributed by atoms with Crippen LogP contribution in [-0.2, 0) is 6.42 Å². The Morgan fingerprint density at radius 1 is 1.28 bits per heavy atom.